The molecule has 1 N–H and O–H groups in total. The average Bonchev–Trinajstić information content (AvgIpc) is 2.83. The number of halogens is 2. The molecule has 2 rings (SSSR count). The number of amides is 2. The molecule has 0 aliphatic carbocycles. The Morgan fingerprint density at radius 1 is 1.00 bits per heavy atom. The molecule has 0 unspecified atom stereocenters. The first-order chi connectivity index (χ1) is 17.0. The van der Waals surface area contributed by atoms with Crippen LogP contribution in [-0.4, -0.2) is 50.0 Å². The Bertz CT molecular complexity index is 1130. The molecular weight excluding hydrogens is 521 g/mol. The van der Waals surface area contributed by atoms with Crippen LogP contribution in [0.25, 0.3) is 0 Å². The van der Waals surface area contributed by atoms with Gasteiger partial charge < -0.3 is 10.2 Å². The number of hydrogen-bond donors (Lipinski definition) is 1. The highest BCUT2D eigenvalue weighted by atomic mass is 35.5. The summed E-state index contributed by atoms with van der Waals surface area (Å²) < 4.78 is 26.0. The molecule has 0 aliphatic heterocycles. The van der Waals surface area contributed by atoms with Crippen molar-refractivity contribution >= 4 is 50.7 Å². The minimum atomic E-state index is -3.53. The van der Waals surface area contributed by atoms with Gasteiger partial charge in [-0.1, -0.05) is 61.3 Å². The normalized spacial score (nSPS) is 13.1. The molecule has 0 aromatic heterocycles. The number of rotatable bonds is 13. The van der Waals surface area contributed by atoms with Crippen LogP contribution >= 0.6 is 23.2 Å². The number of benzene rings is 2. The van der Waals surface area contributed by atoms with Crippen LogP contribution in [0.2, 0.25) is 10.0 Å². The number of nitrogens with zero attached hydrogens (tertiary/aromatic N) is 2. The smallest absolute Gasteiger partial charge is 0.243 e. The summed E-state index contributed by atoms with van der Waals surface area (Å²) in [5.74, 6) is -0.462. The molecule has 7 nitrogen and oxygen atoms in total. The molecule has 0 fully saturated rings. The predicted molar refractivity (Wildman–Crippen MR) is 147 cm³/mol. The van der Waals surface area contributed by atoms with E-state index >= 15 is 0 Å². The van der Waals surface area contributed by atoms with Crippen LogP contribution in [0.15, 0.2) is 48.5 Å². The number of nitrogens with one attached hydrogen (secondary N) is 1. The molecule has 2 atom stereocenters. The summed E-state index contributed by atoms with van der Waals surface area (Å²) in [6, 6.07) is 13.2. The van der Waals surface area contributed by atoms with Crippen LogP contribution in [0.1, 0.15) is 52.0 Å². The average molecular weight is 557 g/mol. The summed E-state index contributed by atoms with van der Waals surface area (Å²) in [6.07, 6.45) is 2.71. The minimum Gasteiger partial charge on any atom is -0.352 e. The Kier molecular flexibility index (Phi) is 11.5. The van der Waals surface area contributed by atoms with E-state index in [9.17, 15) is 18.0 Å². The Balaban J connectivity index is 2.24. The second-order valence-corrected chi connectivity index (χ2v) is 11.5. The third-order valence-corrected chi connectivity index (χ3v) is 7.85. The van der Waals surface area contributed by atoms with Gasteiger partial charge in [-0.3, -0.25) is 13.9 Å². The maximum atomic E-state index is 13.4. The molecule has 10 heteroatoms. The predicted octanol–water partition coefficient (Wildman–Crippen LogP) is 5.26. The van der Waals surface area contributed by atoms with Gasteiger partial charge in [-0.15, -0.1) is 0 Å². The third kappa shape index (κ3) is 8.68. The topological polar surface area (TPSA) is 86.8 Å². The van der Waals surface area contributed by atoms with Crippen LogP contribution in [-0.2, 0) is 26.2 Å². The van der Waals surface area contributed by atoms with Gasteiger partial charge in [-0.05, 0) is 56.0 Å². The summed E-state index contributed by atoms with van der Waals surface area (Å²) in [7, 11) is -3.53. The number of sulfonamides is 1. The summed E-state index contributed by atoms with van der Waals surface area (Å²) in [4.78, 5) is 28.1. The molecule has 2 aromatic rings. The van der Waals surface area contributed by atoms with E-state index in [1.807, 2.05) is 26.8 Å². The van der Waals surface area contributed by atoms with E-state index in [0.29, 0.717) is 28.6 Å². The van der Waals surface area contributed by atoms with Crippen molar-refractivity contribution in [1.82, 2.24) is 10.2 Å². The van der Waals surface area contributed by atoms with Crippen molar-refractivity contribution in [3.8, 4) is 0 Å². The Hall–Kier alpha value is -2.29. The van der Waals surface area contributed by atoms with E-state index in [4.69, 9.17) is 23.2 Å². The van der Waals surface area contributed by atoms with Crippen LogP contribution in [0.5, 0.6) is 0 Å². The number of para-hydroxylation sites is 1. The van der Waals surface area contributed by atoms with Gasteiger partial charge in [-0.25, -0.2) is 8.42 Å². The first-order valence-electron chi connectivity index (χ1n) is 12.0. The fraction of sp³-hybridized carbons (Fsp3) is 0.462. The van der Waals surface area contributed by atoms with Crippen molar-refractivity contribution in [2.75, 3.05) is 17.1 Å². The van der Waals surface area contributed by atoms with Gasteiger partial charge in [0, 0.05) is 25.6 Å². The number of carbonyl (C=O) groups is 2. The van der Waals surface area contributed by atoms with Crippen LogP contribution < -0.4 is 9.62 Å². The first kappa shape index (κ1) is 29.9. The highest BCUT2D eigenvalue weighted by Crippen LogP contribution is 2.25. The van der Waals surface area contributed by atoms with Gasteiger partial charge in [-0.2, -0.15) is 0 Å². The van der Waals surface area contributed by atoms with Gasteiger partial charge in [0.15, 0.2) is 0 Å². The molecule has 2 aromatic carbocycles. The fourth-order valence-electron chi connectivity index (χ4n) is 3.79. The Morgan fingerprint density at radius 2 is 1.67 bits per heavy atom. The van der Waals surface area contributed by atoms with Crippen molar-refractivity contribution in [3.05, 3.63) is 64.1 Å². The van der Waals surface area contributed by atoms with Crippen LogP contribution in [0.3, 0.4) is 0 Å². The van der Waals surface area contributed by atoms with Gasteiger partial charge in [0.2, 0.25) is 21.8 Å². The van der Waals surface area contributed by atoms with Crippen molar-refractivity contribution in [2.24, 2.45) is 0 Å². The zero-order chi connectivity index (χ0) is 26.9. The maximum Gasteiger partial charge on any atom is 0.243 e. The van der Waals surface area contributed by atoms with Crippen molar-refractivity contribution in [3.63, 3.8) is 0 Å². The molecule has 198 valence electrons. The Labute approximate surface area is 224 Å². The van der Waals surface area contributed by atoms with Gasteiger partial charge in [0.25, 0.3) is 0 Å². The lowest BCUT2D eigenvalue weighted by molar-refractivity contribution is -0.141. The second-order valence-electron chi connectivity index (χ2n) is 8.79. The molecule has 0 saturated carbocycles. The monoisotopic (exact) mass is 555 g/mol. The summed E-state index contributed by atoms with van der Waals surface area (Å²) in [5, 5.41) is 3.74. The zero-order valence-electron chi connectivity index (χ0n) is 21.2. The Morgan fingerprint density at radius 3 is 2.22 bits per heavy atom. The number of hydrogen-bond acceptors (Lipinski definition) is 4. The van der Waals surface area contributed by atoms with E-state index < -0.39 is 16.1 Å². The van der Waals surface area contributed by atoms with E-state index in [2.05, 4.69) is 5.32 Å². The zero-order valence-corrected chi connectivity index (χ0v) is 23.5. The lowest BCUT2D eigenvalue weighted by Crippen LogP contribution is -2.50. The number of anilines is 1. The molecule has 36 heavy (non-hydrogen) atoms. The summed E-state index contributed by atoms with van der Waals surface area (Å²) in [5.41, 5.74) is 1.29. The summed E-state index contributed by atoms with van der Waals surface area (Å²) >= 11 is 12.2. The quantitative estimate of drug-likeness (QED) is 0.365. The molecule has 0 heterocycles. The van der Waals surface area contributed by atoms with Crippen molar-refractivity contribution in [1.29, 1.82) is 0 Å². The maximum absolute atomic E-state index is 13.4. The van der Waals surface area contributed by atoms with Crippen LogP contribution in [0, 0.1) is 0 Å². The molecule has 0 saturated heterocycles. The van der Waals surface area contributed by atoms with Crippen LogP contribution in [0.4, 0.5) is 5.69 Å². The fourth-order valence-corrected chi connectivity index (χ4v) is 5.08. The van der Waals surface area contributed by atoms with Gasteiger partial charge in [0.1, 0.15) is 6.04 Å². The second kappa shape index (κ2) is 13.9. The SMILES string of the molecule is CC[C@@H](C)NC(=O)[C@H](CC)N(Cc1ccc(Cl)c(Cl)c1)C(=O)CCCN(c1ccccc1)S(C)(=O)=O. The lowest BCUT2D eigenvalue weighted by Gasteiger charge is -2.32. The first-order valence-corrected chi connectivity index (χ1v) is 14.6. The minimum absolute atomic E-state index is 0.0253. The molecular formula is C26H35Cl2N3O4S. The van der Waals surface area contributed by atoms with Crippen molar-refractivity contribution in [2.45, 2.75) is 65.1 Å². The van der Waals surface area contributed by atoms with E-state index in [0.717, 1.165) is 18.2 Å². The molecule has 0 bridgehead atoms. The van der Waals surface area contributed by atoms with E-state index in [1.54, 1.807) is 47.4 Å². The largest absolute Gasteiger partial charge is 0.352 e. The molecule has 0 radical (unpaired) electrons. The highest BCUT2D eigenvalue weighted by Gasteiger charge is 2.29. The summed E-state index contributed by atoms with van der Waals surface area (Å²) in [6.45, 7) is 6.07. The third-order valence-electron chi connectivity index (χ3n) is 5.92. The number of carbonyl (C=O) groups excluding carboxylic acids is 2. The van der Waals surface area contributed by atoms with Crippen molar-refractivity contribution < 1.29 is 18.0 Å². The van der Waals surface area contributed by atoms with Gasteiger partial charge >= 0.3 is 0 Å². The van der Waals surface area contributed by atoms with E-state index in [1.165, 1.54) is 4.31 Å². The molecule has 2 amide bonds. The molecule has 0 spiro atoms. The van der Waals surface area contributed by atoms with E-state index in [-0.39, 0.29) is 37.4 Å². The standard InChI is InChI=1S/C26H35Cl2N3O4S/c1-5-19(3)29-26(33)24(6-2)30(18-20-14-15-22(27)23(28)17-20)25(32)13-10-16-31(36(4,34)35)21-11-8-7-9-12-21/h7-9,11-12,14-15,17,19,24H,5-6,10,13,16,18H2,1-4H3,(H,29,33)/t19-,24+/m1/s1. The lowest BCUT2D eigenvalue weighted by atomic mass is 10.1. The van der Waals surface area contributed by atoms with Gasteiger partial charge in [0.05, 0.1) is 22.0 Å². The molecule has 0 aliphatic rings. The highest BCUT2D eigenvalue weighted by molar-refractivity contribution is 7.92.